The van der Waals surface area contributed by atoms with E-state index < -0.39 is 6.17 Å². The minimum absolute atomic E-state index is 0.0167. The maximum atomic E-state index is 14.7. The number of thiazole rings is 1. The summed E-state index contributed by atoms with van der Waals surface area (Å²) in [5, 5.41) is 6.02. The minimum atomic E-state index is -1.37. The molecule has 1 N–H and O–H groups in total. The fourth-order valence-corrected chi connectivity index (χ4v) is 8.82. The predicted molar refractivity (Wildman–Crippen MR) is 118 cm³/mol. The molecule has 8 atom stereocenters. The summed E-state index contributed by atoms with van der Waals surface area (Å²) in [4.78, 5) is 31.4. The molecule has 1 aromatic rings. The second-order valence-electron chi connectivity index (χ2n) is 10.9. The van der Waals surface area contributed by atoms with Crippen LogP contribution in [0.3, 0.4) is 0 Å². The van der Waals surface area contributed by atoms with Crippen molar-refractivity contribution in [2.24, 2.45) is 34.5 Å². The lowest BCUT2D eigenvalue weighted by molar-refractivity contribution is -0.169. The smallest absolute Gasteiger partial charge is 0.257 e. The Hall–Kier alpha value is -1.50. The molecule has 0 spiro atoms. The Morgan fingerprint density at radius 1 is 1.23 bits per heavy atom. The van der Waals surface area contributed by atoms with Crippen LogP contribution in [0, 0.1) is 34.5 Å². The molecule has 4 aliphatic rings. The summed E-state index contributed by atoms with van der Waals surface area (Å²) >= 11 is 1.57. The number of hydrogen-bond acceptors (Lipinski definition) is 4. The van der Waals surface area contributed by atoms with Crippen LogP contribution in [0.2, 0.25) is 0 Å². The Bertz CT molecular complexity index is 863. The largest absolute Gasteiger partial charge is 0.349 e. The van der Waals surface area contributed by atoms with Crippen LogP contribution in [0.5, 0.6) is 0 Å². The standard InChI is InChI=1S/C24H34FN3O2S/c1-23-9-8-16-14(4-7-19-24(16,2)12-18(25)22(30)28(19)3)15(23)5-6-17(23)21(29)27-13-20-26-10-11-31-20/h10-11,14-19H,4-9,12-13H2,1-3H3,(H,27,29)/t14-,15-,16+,17?,18?,19?,23-,24+/m0/s1. The first-order chi connectivity index (χ1) is 14.8. The van der Waals surface area contributed by atoms with Gasteiger partial charge in [0, 0.05) is 30.6 Å². The molecule has 170 valence electrons. The number of hydrogen-bond donors (Lipinski definition) is 1. The molecule has 0 radical (unpaired) electrons. The first-order valence-corrected chi connectivity index (χ1v) is 12.7. The zero-order valence-electron chi connectivity index (χ0n) is 18.8. The van der Waals surface area contributed by atoms with Crippen LogP contribution >= 0.6 is 11.3 Å². The van der Waals surface area contributed by atoms with E-state index in [1.54, 1.807) is 29.5 Å². The number of rotatable bonds is 3. The van der Waals surface area contributed by atoms with E-state index in [-0.39, 0.29) is 34.6 Å². The van der Waals surface area contributed by atoms with Crippen LogP contribution < -0.4 is 5.32 Å². The van der Waals surface area contributed by atoms with Crippen molar-refractivity contribution in [3.8, 4) is 0 Å². The number of piperidine rings is 1. The van der Waals surface area contributed by atoms with Crippen molar-refractivity contribution in [3.05, 3.63) is 16.6 Å². The first-order valence-electron chi connectivity index (χ1n) is 11.8. The fraction of sp³-hybridized carbons (Fsp3) is 0.792. The number of aromatic nitrogens is 1. The lowest BCUT2D eigenvalue weighted by atomic mass is 9.46. The maximum absolute atomic E-state index is 14.7. The maximum Gasteiger partial charge on any atom is 0.257 e. The van der Waals surface area contributed by atoms with Gasteiger partial charge in [0.25, 0.3) is 5.91 Å². The Labute approximate surface area is 188 Å². The number of carbonyl (C=O) groups is 2. The van der Waals surface area contributed by atoms with E-state index in [0.29, 0.717) is 30.7 Å². The van der Waals surface area contributed by atoms with Gasteiger partial charge in [-0.15, -0.1) is 11.3 Å². The topological polar surface area (TPSA) is 62.3 Å². The van der Waals surface area contributed by atoms with Crippen molar-refractivity contribution in [2.75, 3.05) is 7.05 Å². The summed E-state index contributed by atoms with van der Waals surface area (Å²) in [5.41, 5.74) is -0.139. The van der Waals surface area contributed by atoms with E-state index >= 15 is 0 Å². The van der Waals surface area contributed by atoms with E-state index in [1.165, 1.54) is 0 Å². The SMILES string of the molecule is CN1C(=O)C(F)C[C@@]2(C)C1CC[C@@H]1[C@H]2CC[C@]2(C)C(C(=O)NCc3nccs3)CC[C@@H]12. The molecule has 5 rings (SSSR count). The number of nitrogens with one attached hydrogen (secondary N) is 1. The molecular weight excluding hydrogens is 413 g/mol. The summed E-state index contributed by atoms with van der Waals surface area (Å²) in [5.74, 6) is 1.37. The second-order valence-corrected chi connectivity index (χ2v) is 11.9. The molecule has 1 aliphatic heterocycles. The molecule has 7 heteroatoms. The number of halogens is 1. The minimum Gasteiger partial charge on any atom is -0.349 e. The Morgan fingerprint density at radius 2 is 2.00 bits per heavy atom. The van der Waals surface area contributed by atoms with Crippen molar-refractivity contribution in [1.82, 2.24) is 15.2 Å². The summed E-state index contributed by atoms with van der Waals surface area (Å²) in [6.45, 7) is 5.08. The van der Waals surface area contributed by atoms with Crippen molar-refractivity contribution in [1.29, 1.82) is 0 Å². The van der Waals surface area contributed by atoms with Gasteiger partial charge in [-0.3, -0.25) is 9.59 Å². The fourth-order valence-electron chi connectivity index (χ4n) is 8.26. The van der Waals surface area contributed by atoms with Crippen molar-refractivity contribution >= 4 is 23.2 Å². The normalized spacial score (nSPS) is 44.4. The molecule has 4 fully saturated rings. The van der Waals surface area contributed by atoms with Crippen LogP contribution in [0.4, 0.5) is 4.39 Å². The van der Waals surface area contributed by atoms with Gasteiger partial charge in [0.05, 0.1) is 6.54 Å². The van der Waals surface area contributed by atoms with Gasteiger partial charge in [-0.05, 0) is 73.5 Å². The number of amides is 2. The van der Waals surface area contributed by atoms with Gasteiger partial charge in [0.15, 0.2) is 6.17 Å². The van der Waals surface area contributed by atoms with Crippen LogP contribution in [0.25, 0.3) is 0 Å². The van der Waals surface area contributed by atoms with Crippen LogP contribution in [-0.4, -0.2) is 41.0 Å². The van der Waals surface area contributed by atoms with Gasteiger partial charge in [-0.2, -0.15) is 0 Å². The summed E-state index contributed by atoms with van der Waals surface area (Å²) in [7, 11) is 1.79. The van der Waals surface area contributed by atoms with Crippen molar-refractivity contribution in [2.45, 2.75) is 77.6 Å². The van der Waals surface area contributed by atoms with Gasteiger partial charge in [0.2, 0.25) is 5.91 Å². The quantitative estimate of drug-likeness (QED) is 0.756. The molecule has 0 aromatic carbocycles. The van der Waals surface area contributed by atoms with Gasteiger partial charge in [-0.1, -0.05) is 13.8 Å². The molecule has 31 heavy (non-hydrogen) atoms. The second kappa shape index (κ2) is 7.53. The molecular formula is C24H34FN3O2S. The summed E-state index contributed by atoms with van der Waals surface area (Å²) in [6.07, 6.45) is 6.90. The van der Waals surface area contributed by atoms with E-state index in [2.05, 4.69) is 24.1 Å². The predicted octanol–water partition coefficient (Wildman–Crippen LogP) is 4.19. The highest BCUT2D eigenvalue weighted by Gasteiger charge is 2.63. The number of fused-ring (bicyclic) bond motifs is 5. The first kappa shape index (κ1) is 21.4. The molecule has 2 heterocycles. The Balaban J connectivity index is 1.34. The molecule has 3 unspecified atom stereocenters. The molecule has 1 saturated heterocycles. The molecule has 2 amide bonds. The Kier molecular flexibility index (Phi) is 5.19. The highest BCUT2D eigenvalue weighted by atomic mass is 32.1. The van der Waals surface area contributed by atoms with E-state index in [1.807, 2.05) is 5.38 Å². The third-order valence-electron chi connectivity index (χ3n) is 9.73. The summed E-state index contributed by atoms with van der Waals surface area (Å²) < 4.78 is 14.7. The third-order valence-corrected chi connectivity index (χ3v) is 10.5. The average molecular weight is 448 g/mol. The average Bonchev–Trinajstić information content (AvgIpc) is 3.37. The molecule has 3 saturated carbocycles. The summed E-state index contributed by atoms with van der Waals surface area (Å²) in [6, 6.07) is 0.149. The number of carbonyl (C=O) groups excluding carboxylic acids is 2. The number of likely N-dealkylation sites (tertiary alicyclic amines) is 1. The van der Waals surface area contributed by atoms with Gasteiger partial charge in [0.1, 0.15) is 5.01 Å². The lowest BCUT2D eigenvalue weighted by Crippen LogP contribution is -2.64. The molecule has 0 bridgehead atoms. The highest BCUT2D eigenvalue weighted by molar-refractivity contribution is 7.09. The zero-order valence-corrected chi connectivity index (χ0v) is 19.6. The van der Waals surface area contributed by atoms with Gasteiger partial charge in [-0.25, -0.2) is 9.37 Å². The van der Waals surface area contributed by atoms with Crippen molar-refractivity contribution < 1.29 is 14.0 Å². The molecule has 3 aliphatic carbocycles. The van der Waals surface area contributed by atoms with Gasteiger partial charge < -0.3 is 10.2 Å². The van der Waals surface area contributed by atoms with E-state index in [9.17, 15) is 14.0 Å². The van der Waals surface area contributed by atoms with Crippen LogP contribution in [0.15, 0.2) is 11.6 Å². The van der Waals surface area contributed by atoms with Crippen LogP contribution in [-0.2, 0) is 16.1 Å². The van der Waals surface area contributed by atoms with E-state index in [0.717, 1.165) is 43.5 Å². The Morgan fingerprint density at radius 3 is 2.74 bits per heavy atom. The lowest BCUT2D eigenvalue weighted by Gasteiger charge is -2.62. The van der Waals surface area contributed by atoms with Crippen molar-refractivity contribution in [3.63, 3.8) is 0 Å². The molecule has 1 aromatic heterocycles. The number of nitrogens with zero attached hydrogens (tertiary/aromatic N) is 2. The van der Waals surface area contributed by atoms with Crippen LogP contribution in [0.1, 0.15) is 63.8 Å². The van der Waals surface area contributed by atoms with Gasteiger partial charge >= 0.3 is 0 Å². The zero-order chi connectivity index (χ0) is 22.0. The monoisotopic (exact) mass is 447 g/mol. The number of alkyl halides is 1. The highest BCUT2D eigenvalue weighted by Crippen LogP contribution is 2.66. The third kappa shape index (κ3) is 3.17. The molecule has 5 nitrogen and oxygen atoms in total. The van der Waals surface area contributed by atoms with E-state index in [4.69, 9.17) is 0 Å².